The Labute approximate surface area is 142 Å². The number of carbonyl (C=O) groups is 2. The molecule has 3 rings (SSSR count). The van der Waals surface area contributed by atoms with Crippen molar-refractivity contribution in [2.45, 2.75) is 13.8 Å². The minimum atomic E-state index is -1.32. The van der Waals surface area contributed by atoms with Gasteiger partial charge in [-0.3, -0.25) is 9.36 Å². The number of nitrogens with zero attached hydrogens (tertiary/aromatic N) is 5. The van der Waals surface area contributed by atoms with Crippen LogP contribution in [0.25, 0.3) is 5.69 Å². The van der Waals surface area contributed by atoms with Crippen LogP contribution < -0.4 is 5.32 Å². The van der Waals surface area contributed by atoms with Crippen molar-refractivity contribution in [3.05, 3.63) is 59.7 Å². The molecule has 0 fully saturated rings. The molecule has 1 amide bonds. The summed E-state index contributed by atoms with van der Waals surface area (Å²) in [5.74, 6) is -1.96. The first kappa shape index (κ1) is 16.2. The van der Waals surface area contributed by atoms with Gasteiger partial charge in [-0.2, -0.15) is 0 Å². The van der Waals surface area contributed by atoms with Crippen LogP contribution >= 0.6 is 0 Å². The minimum Gasteiger partial charge on any atom is -0.476 e. The second-order valence-electron chi connectivity index (χ2n) is 5.32. The molecule has 1 aromatic carbocycles. The molecular formula is C16H14N6O3. The van der Waals surface area contributed by atoms with Gasteiger partial charge >= 0.3 is 5.97 Å². The fourth-order valence-electron chi connectivity index (χ4n) is 2.30. The lowest BCUT2D eigenvalue weighted by Gasteiger charge is -2.13. The number of aromatic carboxylic acids is 1. The van der Waals surface area contributed by atoms with Crippen LogP contribution in [0.4, 0.5) is 5.69 Å². The molecule has 0 saturated heterocycles. The third-order valence-electron chi connectivity index (χ3n) is 3.73. The molecule has 0 spiro atoms. The zero-order valence-electron chi connectivity index (χ0n) is 13.5. The van der Waals surface area contributed by atoms with Crippen LogP contribution in [0.3, 0.4) is 0 Å². The number of hydrogen-bond donors (Lipinski definition) is 2. The number of aromatic nitrogens is 5. The first-order chi connectivity index (χ1) is 12.0. The van der Waals surface area contributed by atoms with E-state index in [4.69, 9.17) is 5.11 Å². The summed E-state index contributed by atoms with van der Waals surface area (Å²) in [6.45, 7) is 3.76. The molecule has 2 aromatic heterocycles. The van der Waals surface area contributed by atoms with E-state index in [0.29, 0.717) is 5.69 Å². The molecule has 9 nitrogen and oxygen atoms in total. The van der Waals surface area contributed by atoms with Crippen LogP contribution in [-0.4, -0.2) is 41.7 Å². The fourth-order valence-corrected chi connectivity index (χ4v) is 2.30. The molecule has 0 aliphatic carbocycles. The average molecular weight is 338 g/mol. The molecule has 0 radical (unpaired) electrons. The number of hydrogen-bond acceptors (Lipinski definition) is 6. The number of carbonyl (C=O) groups excluding carboxylic acids is 1. The molecule has 3 aromatic rings. The Hall–Kier alpha value is -3.62. The smallest absolute Gasteiger partial charge is 0.356 e. The van der Waals surface area contributed by atoms with Crippen molar-refractivity contribution >= 4 is 17.6 Å². The standard InChI is InChI=1S/C16H14N6O3/c1-9-5-11(22-7-19-20-8-22)6-12(10(9)2)21-15(23)13-14(16(24)25)18-4-3-17-13/h3-8H,1-2H3,(H,21,23)(H,24,25). The topological polar surface area (TPSA) is 123 Å². The van der Waals surface area contributed by atoms with Gasteiger partial charge in [0.1, 0.15) is 12.7 Å². The van der Waals surface area contributed by atoms with E-state index in [2.05, 4.69) is 25.5 Å². The summed E-state index contributed by atoms with van der Waals surface area (Å²) in [6, 6.07) is 3.68. The Bertz CT molecular complexity index is 953. The number of carboxylic acid groups (broad SMARTS) is 1. The van der Waals surface area contributed by atoms with Gasteiger partial charge in [0.25, 0.3) is 5.91 Å². The molecule has 2 heterocycles. The Balaban J connectivity index is 1.98. The third-order valence-corrected chi connectivity index (χ3v) is 3.73. The van der Waals surface area contributed by atoms with E-state index >= 15 is 0 Å². The Morgan fingerprint density at radius 3 is 2.32 bits per heavy atom. The van der Waals surface area contributed by atoms with E-state index in [0.717, 1.165) is 16.8 Å². The molecule has 0 bridgehead atoms. The van der Waals surface area contributed by atoms with Crippen LogP contribution in [0.15, 0.2) is 37.2 Å². The van der Waals surface area contributed by atoms with Crippen LogP contribution in [0.5, 0.6) is 0 Å². The highest BCUT2D eigenvalue weighted by atomic mass is 16.4. The van der Waals surface area contributed by atoms with Crippen LogP contribution in [0, 0.1) is 13.8 Å². The van der Waals surface area contributed by atoms with Gasteiger partial charge in [-0.05, 0) is 37.1 Å². The predicted molar refractivity (Wildman–Crippen MR) is 87.8 cm³/mol. The molecule has 2 N–H and O–H groups in total. The van der Waals surface area contributed by atoms with E-state index < -0.39 is 17.6 Å². The predicted octanol–water partition coefficient (Wildman–Crippen LogP) is 1.62. The van der Waals surface area contributed by atoms with Gasteiger partial charge in [0.05, 0.1) is 5.69 Å². The highest BCUT2D eigenvalue weighted by molar-refractivity contribution is 6.08. The first-order valence-electron chi connectivity index (χ1n) is 7.29. The van der Waals surface area contributed by atoms with Crippen molar-refractivity contribution in [3.63, 3.8) is 0 Å². The lowest BCUT2D eigenvalue weighted by molar-refractivity contribution is 0.0685. The maximum Gasteiger partial charge on any atom is 0.356 e. The SMILES string of the molecule is Cc1cc(-n2cnnc2)cc(NC(=O)c2nccnc2C(=O)O)c1C. The van der Waals surface area contributed by atoms with E-state index in [1.54, 1.807) is 23.3 Å². The summed E-state index contributed by atoms with van der Waals surface area (Å²) >= 11 is 0. The quantitative estimate of drug-likeness (QED) is 0.741. The fraction of sp³-hybridized carbons (Fsp3) is 0.125. The summed E-state index contributed by atoms with van der Waals surface area (Å²) in [7, 11) is 0. The number of rotatable bonds is 4. The number of benzene rings is 1. The van der Waals surface area contributed by atoms with Gasteiger partial charge in [-0.1, -0.05) is 0 Å². The molecule has 0 unspecified atom stereocenters. The Morgan fingerprint density at radius 1 is 1.04 bits per heavy atom. The monoisotopic (exact) mass is 338 g/mol. The van der Waals surface area contributed by atoms with Gasteiger partial charge in [0, 0.05) is 18.1 Å². The van der Waals surface area contributed by atoms with Crippen molar-refractivity contribution in [2.75, 3.05) is 5.32 Å². The van der Waals surface area contributed by atoms with E-state index in [9.17, 15) is 9.59 Å². The number of carboxylic acids is 1. The molecule has 126 valence electrons. The lowest BCUT2D eigenvalue weighted by atomic mass is 10.1. The largest absolute Gasteiger partial charge is 0.476 e. The summed E-state index contributed by atoms with van der Waals surface area (Å²) in [5, 5.41) is 19.4. The van der Waals surface area contributed by atoms with Crippen LogP contribution in [-0.2, 0) is 0 Å². The van der Waals surface area contributed by atoms with Crippen molar-refractivity contribution in [1.82, 2.24) is 24.7 Å². The summed E-state index contributed by atoms with van der Waals surface area (Å²) < 4.78 is 1.70. The van der Waals surface area contributed by atoms with Crippen LogP contribution in [0.1, 0.15) is 32.1 Å². The highest BCUT2D eigenvalue weighted by Crippen LogP contribution is 2.24. The minimum absolute atomic E-state index is 0.248. The number of amides is 1. The van der Waals surface area contributed by atoms with E-state index in [-0.39, 0.29) is 5.69 Å². The zero-order chi connectivity index (χ0) is 18.0. The molecule has 0 saturated carbocycles. The van der Waals surface area contributed by atoms with Crippen molar-refractivity contribution in [2.24, 2.45) is 0 Å². The number of aryl methyl sites for hydroxylation is 1. The van der Waals surface area contributed by atoms with Gasteiger partial charge in [-0.15, -0.1) is 10.2 Å². The lowest BCUT2D eigenvalue weighted by Crippen LogP contribution is -2.20. The highest BCUT2D eigenvalue weighted by Gasteiger charge is 2.20. The van der Waals surface area contributed by atoms with Crippen molar-refractivity contribution < 1.29 is 14.7 Å². The second kappa shape index (κ2) is 6.48. The average Bonchev–Trinajstić information content (AvgIpc) is 3.13. The summed E-state index contributed by atoms with van der Waals surface area (Å²) in [5.41, 5.74) is 2.45. The molecule has 0 aliphatic rings. The maximum absolute atomic E-state index is 12.5. The summed E-state index contributed by atoms with van der Waals surface area (Å²) in [6.07, 6.45) is 5.58. The van der Waals surface area contributed by atoms with Crippen molar-refractivity contribution in [1.29, 1.82) is 0 Å². The van der Waals surface area contributed by atoms with Crippen LogP contribution in [0.2, 0.25) is 0 Å². The normalized spacial score (nSPS) is 10.5. The second-order valence-corrected chi connectivity index (χ2v) is 5.32. The Kier molecular flexibility index (Phi) is 4.21. The molecular weight excluding hydrogens is 324 g/mol. The van der Waals surface area contributed by atoms with Crippen molar-refractivity contribution in [3.8, 4) is 5.69 Å². The summed E-state index contributed by atoms with van der Waals surface area (Å²) in [4.78, 5) is 31.2. The molecule has 0 aliphatic heterocycles. The molecule has 0 atom stereocenters. The van der Waals surface area contributed by atoms with Gasteiger partial charge in [0.15, 0.2) is 11.4 Å². The third kappa shape index (κ3) is 3.20. The van der Waals surface area contributed by atoms with E-state index in [1.165, 1.54) is 12.4 Å². The van der Waals surface area contributed by atoms with Gasteiger partial charge in [0.2, 0.25) is 0 Å². The van der Waals surface area contributed by atoms with E-state index in [1.807, 2.05) is 19.9 Å². The maximum atomic E-state index is 12.5. The molecule has 25 heavy (non-hydrogen) atoms. The molecule has 9 heteroatoms. The number of anilines is 1. The van der Waals surface area contributed by atoms with Gasteiger partial charge < -0.3 is 10.4 Å². The first-order valence-corrected chi connectivity index (χ1v) is 7.29. The number of nitrogens with one attached hydrogen (secondary N) is 1. The van der Waals surface area contributed by atoms with Gasteiger partial charge in [-0.25, -0.2) is 14.8 Å². The Morgan fingerprint density at radius 2 is 1.68 bits per heavy atom. The zero-order valence-corrected chi connectivity index (χ0v) is 13.5.